The number of benzene rings is 1. The average molecular weight is 382 g/mol. The monoisotopic (exact) mass is 381 g/mol. The van der Waals surface area contributed by atoms with E-state index in [2.05, 4.69) is 28.1 Å². The predicted octanol–water partition coefficient (Wildman–Crippen LogP) is 0.259. The summed E-state index contributed by atoms with van der Waals surface area (Å²) in [6, 6.07) is 7.29. The van der Waals surface area contributed by atoms with Crippen molar-refractivity contribution in [2.24, 2.45) is 5.92 Å². The molecule has 0 spiro atoms. The van der Waals surface area contributed by atoms with Crippen molar-refractivity contribution in [1.29, 1.82) is 0 Å². The lowest BCUT2D eigenvalue weighted by Gasteiger charge is -2.28. The molecule has 1 rings (SSSR count). The van der Waals surface area contributed by atoms with Crippen molar-refractivity contribution >= 4 is 17.4 Å². The van der Waals surface area contributed by atoms with Gasteiger partial charge in [-0.05, 0) is 18.6 Å². The van der Waals surface area contributed by atoms with Crippen molar-refractivity contribution in [3.63, 3.8) is 0 Å². The summed E-state index contributed by atoms with van der Waals surface area (Å²) in [6.45, 7) is 2.88. The van der Waals surface area contributed by atoms with Crippen LogP contribution < -0.4 is 24.0 Å². The minimum Gasteiger partial charge on any atom is -1.00 e. The molecule has 0 fully saturated rings. The van der Waals surface area contributed by atoms with Gasteiger partial charge in [-0.2, -0.15) is 0 Å². The van der Waals surface area contributed by atoms with Gasteiger partial charge in [0.1, 0.15) is 0 Å². The van der Waals surface area contributed by atoms with Gasteiger partial charge in [-0.1, -0.05) is 30.7 Å². The Morgan fingerprint density at radius 1 is 1.28 bits per heavy atom. The summed E-state index contributed by atoms with van der Waals surface area (Å²) in [6.07, 6.45) is 0.847. The van der Waals surface area contributed by atoms with Crippen LogP contribution in [0.25, 0.3) is 0 Å². The van der Waals surface area contributed by atoms with Gasteiger partial charge >= 0.3 is 0 Å². The van der Waals surface area contributed by atoms with Gasteiger partial charge in [-0.25, -0.2) is 0 Å². The predicted molar refractivity (Wildman–Crippen MR) is 72.5 cm³/mol. The summed E-state index contributed by atoms with van der Waals surface area (Å²) >= 11 is 6.07. The molecule has 0 aliphatic carbocycles. The third kappa shape index (κ3) is 5.24. The normalized spacial score (nSPS) is 12.7. The molecule has 18 heavy (non-hydrogen) atoms. The SMILES string of the molecule is CCC(C[N+](C)(C)C)C(=O)c1ccccc1Cl.[I-]. The van der Waals surface area contributed by atoms with E-state index in [-0.39, 0.29) is 35.7 Å². The van der Waals surface area contributed by atoms with Crippen LogP contribution >= 0.6 is 11.6 Å². The van der Waals surface area contributed by atoms with Gasteiger partial charge < -0.3 is 28.5 Å². The first-order chi connectivity index (χ1) is 7.85. The van der Waals surface area contributed by atoms with Crippen LogP contribution in [0.2, 0.25) is 5.02 Å². The molecule has 0 saturated carbocycles. The summed E-state index contributed by atoms with van der Waals surface area (Å²) in [5, 5.41) is 0.553. The zero-order valence-electron chi connectivity index (χ0n) is 11.4. The maximum absolute atomic E-state index is 12.4. The second kappa shape index (κ2) is 7.46. The van der Waals surface area contributed by atoms with E-state index in [0.717, 1.165) is 17.4 Å². The van der Waals surface area contributed by atoms with E-state index in [0.29, 0.717) is 10.6 Å². The van der Waals surface area contributed by atoms with E-state index in [1.807, 2.05) is 18.2 Å². The Labute approximate surface area is 132 Å². The maximum Gasteiger partial charge on any atom is 0.173 e. The molecule has 0 aromatic heterocycles. The first kappa shape index (κ1) is 17.9. The smallest absolute Gasteiger partial charge is 0.173 e. The standard InChI is InChI=1S/C14H21ClNO.HI/c1-5-11(10-16(2,3)4)14(17)12-8-6-7-9-13(12)15;/h6-9,11H,5,10H2,1-4H3;1H/q+1;/p-1. The van der Waals surface area contributed by atoms with Crippen LogP contribution in [0.15, 0.2) is 24.3 Å². The van der Waals surface area contributed by atoms with Crippen LogP contribution in [0, 0.1) is 5.92 Å². The minimum atomic E-state index is 0. The van der Waals surface area contributed by atoms with Gasteiger partial charge in [-0.3, -0.25) is 4.79 Å². The summed E-state index contributed by atoms with van der Waals surface area (Å²) < 4.78 is 0.786. The van der Waals surface area contributed by atoms with Crippen LogP contribution in [0.3, 0.4) is 0 Å². The number of hydrogen-bond acceptors (Lipinski definition) is 1. The van der Waals surface area contributed by atoms with Crippen LogP contribution in [0.5, 0.6) is 0 Å². The van der Waals surface area contributed by atoms with Gasteiger partial charge in [-0.15, -0.1) is 0 Å². The van der Waals surface area contributed by atoms with E-state index in [1.165, 1.54) is 0 Å². The molecule has 1 aromatic rings. The molecule has 0 bridgehead atoms. The molecule has 0 aliphatic rings. The Kier molecular flexibility index (Phi) is 7.40. The molecule has 0 aliphatic heterocycles. The highest BCUT2D eigenvalue weighted by Gasteiger charge is 2.25. The highest BCUT2D eigenvalue weighted by Crippen LogP contribution is 2.21. The quantitative estimate of drug-likeness (QED) is 0.406. The number of rotatable bonds is 5. The van der Waals surface area contributed by atoms with Crippen molar-refractivity contribution < 1.29 is 33.3 Å². The first-order valence-corrected chi connectivity index (χ1v) is 6.32. The number of carbonyl (C=O) groups excluding carboxylic acids is 1. The largest absolute Gasteiger partial charge is 1.00 e. The van der Waals surface area contributed by atoms with Gasteiger partial charge in [0.15, 0.2) is 5.78 Å². The molecule has 1 atom stereocenters. The molecule has 0 amide bonds. The summed E-state index contributed by atoms with van der Waals surface area (Å²) in [4.78, 5) is 12.4. The molecular weight excluding hydrogens is 361 g/mol. The maximum atomic E-state index is 12.4. The van der Waals surface area contributed by atoms with Gasteiger partial charge in [0.05, 0.1) is 38.6 Å². The van der Waals surface area contributed by atoms with Crippen molar-refractivity contribution in [2.75, 3.05) is 27.7 Å². The van der Waals surface area contributed by atoms with Crippen molar-refractivity contribution in [3.05, 3.63) is 34.9 Å². The molecule has 0 radical (unpaired) electrons. The van der Waals surface area contributed by atoms with E-state index < -0.39 is 0 Å². The number of ketones is 1. The molecule has 1 aromatic carbocycles. The van der Waals surface area contributed by atoms with Crippen molar-refractivity contribution in [1.82, 2.24) is 0 Å². The molecule has 0 saturated heterocycles. The third-order valence-corrected chi connectivity index (χ3v) is 3.10. The number of quaternary nitrogens is 1. The van der Waals surface area contributed by atoms with Crippen molar-refractivity contribution in [3.8, 4) is 0 Å². The zero-order valence-corrected chi connectivity index (χ0v) is 14.3. The average Bonchev–Trinajstić information content (AvgIpc) is 2.24. The number of halogens is 2. The molecule has 0 N–H and O–H groups in total. The molecule has 0 heterocycles. The highest BCUT2D eigenvalue weighted by molar-refractivity contribution is 6.34. The van der Waals surface area contributed by atoms with E-state index in [4.69, 9.17) is 11.6 Å². The Balaban J connectivity index is 0.00000289. The lowest BCUT2D eigenvalue weighted by molar-refractivity contribution is -0.872. The summed E-state index contributed by atoms with van der Waals surface area (Å²) in [5.74, 6) is 0.195. The van der Waals surface area contributed by atoms with E-state index >= 15 is 0 Å². The fourth-order valence-corrected chi connectivity index (χ4v) is 2.17. The van der Waals surface area contributed by atoms with E-state index in [9.17, 15) is 4.79 Å². The lowest BCUT2D eigenvalue weighted by Crippen LogP contribution is -3.00. The topological polar surface area (TPSA) is 17.1 Å². The molecule has 102 valence electrons. The van der Waals surface area contributed by atoms with Gasteiger partial charge in [0, 0.05) is 5.56 Å². The second-order valence-electron chi connectivity index (χ2n) is 5.42. The number of nitrogens with zero attached hydrogens (tertiary/aromatic N) is 1. The molecule has 2 nitrogen and oxygen atoms in total. The van der Waals surface area contributed by atoms with E-state index in [1.54, 1.807) is 6.07 Å². The number of carbonyl (C=O) groups is 1. The third-order valence-electron chi connectivity index (χ3n) is 2.77. The highest BCUT2D eigenvalue weighted by atomic mass is 127. The van der Waals surface area contributed by atoms with Gasteiger partial charge in [0.25, 0.3) is 0 Å². The zero-order chi connectivity index (χ0) is 13.1. The summed E-state index contributed by atoms with van der Waals surface area (Å²) in [7, 11) is 6.30. The Morgan fingerprint density at radius 2 is 1.83 bits per heavy atom. The van der Waals surface area contributed by atoms with Crippen molar-refractivity contribution in [2.45, 2.75) is 13.3 Å². The minimum absolute atomic E-state index is 0. The fourth-order valence-electron chi connectivity index (χ4n) is 1.94. The van der Waals surface area contributed by atoms with Gasteiger partial charge in [0.2, 0.25) is 0 Å². The van der Waals surface area contributed by atoms with Crippen LogP contribution in [0.1, 0.15) is 23.7 Å². The molecule has 1 unspecified atom stereocenters. The van der Waals surface area contributed by atoms with Crippen LogP contribution in [-0.4, -0.2) is 38.0 Å². The first-order valence-electron chi connectivity index (χ1n) is 5.94. The molecule has 4 heteroatoms. The summed E-state index contributed by atoms with van der Waals surface area (Å²) in [5.41, 5.74) is 0.648. The Bertz CT molecular complexity index is 401. The number of Topliss-reactive ketones (excluding diaryl/α,β-unsaturated/α-hetero) is 1. The lowest BCUT2D eigenvalue weighted by atomic mass is 9.94. The van der Waals surface area contributed by atoms with Crippen LogP contribution in [0.4, 0.5) is 0 Å². The Hall–Kier alpha value is -0.130. The second-order valence-corrected chi connectivity index (χ2v) is 5.83. The fraction of sp³-hybridized carbons (Fsp3) is 0.500. The molecular formula is C14H21ClINO. The number of hydrogen-bond donors (Lipinski definition) is 0. The van der Waals surface area contributed by atoms with Crippen LogP contribution in [-0.2, 0) is 0 Å². The Morgan fingerprint density at radius 3 is 2.28 bits per heavy atom.